The van der Waals surface area contributed by atoms with Crippen LogP contribution >= 0.6 is 0 Å². The Hall–Kier alpha value is -3.53. The smallest absolute Gasteiger partial charge is 0.343 e. The van der Waals surface area contributed by atoms with Crippen molar-refractivity contribution in [3.63, 3.8) is 0 Å². The van der Waals surface area contributed by atoms with Crippen LogP contribution in [0.25, 0.3) is 17.5 Å². The van der Waals surface area contributed by atoms with E-state index in [9.17, 15) is 4.79 Å². The zero-order valence-corrected chi connectivity index (χ0v) is 18.7. The van der Waals surface area contributed by atoms with Crippen LogP contribution in [0.5, 0.6) is 5.75 Å². The molecule has 0 amide bonds. The van der Waals surface area contributed by atoms with Gasteiger partial charge in [-0.25, -0.2) is 4.79 Å². The van der Waals surface area contributed by atoms with E-state index in [2.05, 4.69) is 56.5 Å². The molecule has 3 aromatic rings. The summed E-state index contributed by atoms with van der Waals surface area (Å²) in [6, 6.07) is 16.2. The van der Waals surface area contributed by atoms with Crippen molar-refractivity contribution in [2.45, 2.75) is 34.6 Å². The van der Waals surface area contributed by atoms with Crippen LogP contribution < -0.4 is 4.74 Å². The molecule has 4 rings (SSSR count). The second-order valence-electron chi connectivity index (χ2n) is 7.96. The molecule has 0 atom stereocenters. The summed E-state index contributed by atoms with van der Waals surface area (Å²) in [7, 11) is 0. The minimum absolute atomic E-state index is 0.333. The van der Waals surface area contributed by atoms with Gasteiger partial charge in [0.15, 0.2) is 0 Å². The van der Waals surface area contributed by atoms with Crippen LogP contribution in [-0.2, 0) is 9.53 Å². The number of hydrogen-bond acceptors (Lipinski definition) is 3. The summed E-state index contributed by atoms with van der Waals surface area (Å²) in [4.78, 5) is 12.5. The Morgan fingerprint density at radius 1 is 0.968 bits per heavy atom. The van der Waals surface area contributed by atoms with Gasteiger partial charge in [-0.3, -0.25) is 0 Å². The van der Waals surface area contributed by atoms with E-state index >= 15 is 0 Å². The third-order valence-electron chi connectivity index (χ3n) is 5.42. The zero-order chi connectivity index (χ0) is 22.1. The van der Waals surface area contributed by atoms with Crippen molar-refractivity contribution in [2.75, 3.05) is 6.61 Å². The average molecular weight is 414 g/mol. The normalized spacial score (nSPS) is 14.7. The first-order valence-electron chi connectivity index (χ1n) is 10.5. The monoisotopic (exact) mass is 413 g/mol. The number of nitrogens with zero attached hydrogens (tertiary/aromatic N) is 1. The first kappa shape index (κ1) is 20.7. The molecular formula is C27H27NO3. The lowest BCUT2D eigenvalue weighted by atomic mass is 10.1. The molecule has 4 nitrogen and oxygen atoms in total. The highest BCUT2D eigenvalue weighted by molar-refractivity contribution is 6.05. The summed E-state index contributed by atoms with van der Waals surface area (Å²) < 4.78 is 13.2. The van der Waals surface area contributed by atoms with Gasteiger partial charge in [0.2, 0.25) is 0 Å². The minimum atomic E-state index is -0.333. The van der Waals surface area contributed by atoms with Crippen LogP contribution in [0, 0.1) is 27.7 Å². The summed E-state index contributed by atoms with van der Waals surface area (Å²) in [5.41, 5.74) is 8.20. The Labute approximate surface area is 183 Å². The van der Waals surface area contributed by atoms with Crippen molar-refractivity contribution in [1.29, 1.82) is 0 Å². The molecule has 158 valence electrons. The van der Waals surface area contributed by atoms with Gasteiger partial charge < -0.3 is 14.0 Å². The second kappa shape index (κ2) is 8.31. The van der Waals surface area contributed by atoms with Gasteiger partial charge in [-0.15, -0.1) is 0 Å². The van der Waals surface area contributed by atoms with Crippen LogP contribution in [0.3, 0.4) is 0 Å². The van der Waals surface area contributed by atoms with Crippen LogP contribution in [0.4, 0.5) is 0 Å². The van der Waals surface area contributed by atoms with Crippen LogP contribution in [0.1, 0.15) is 40.6 Å². The van der Waals surface area contributed by atoms with Gasteiger partial charge in [0.1, 0.15) is 11.5 Å². The number of carbonyl (C=O) groups is 1. The van der Waals surface area contributed by atoms with Gasteiger partial charge in [-0.2, -0.15) is 0 Å². The summed E-state index contributed by atoms with van der Waals surface area (Å²) >= 11 is 0. The molecule has 0 fully saturated rings. The summed E-state index contributed by atoms with van der Waals surface area (Å²) in [6.45, 7) is 10.9. The third-order valence-corrected chi connectivity index (χ3v) is 5.42. The first-order valence-corrected chi connectivity index (χ1v) is 10.5. The Balaban J connectivity index is 1.67. The number of aromatic nitrogens is 1. The van der Waals surface area contributed by atoms with E-state index in [1.807, 2.05) is 37.3 Å². The number of carbonyl (C=O) groups excluding carboxylic acids is 1. The Morgan fingerprint density at radius 2 is 1.65 bits per heavy atom. The molecule has 1 aliphatic rings. The fourth-order valence-electron chi connectivity index (χ4n) is 4.09. The highest BCUT2D eigenvalue weighted by Gasteiger charge is 2.23. The molecule has 1 aromatic heterocycles. The standard InChI is InChI=1S/C27H27NO3/c1-6-30-25-9-7-21(8-10-25)26-16-23(27(29)31-26)15-22-14-19(4)28(20(22)5)24-12-17(2)11-18(3)13-24/h7-16H,6H2,1-5H3/b23-15-. The van der Waals surface area contributed by atoms with Crippen molar-refractivity contribution in [3.8, 4) is 11.4 Å². The largest absolute Gasteiger partial charge is 0.494 e. The van der Waals surface area contributed by atoms with Crippen LogP contribution in [-0.4, -0.2) is 17.1 Å². The molecular weight excluding hydrogens is 386 g/mol. The molecule has 0 spiro atoms. The predicted molar refractivity (Wildman–Crippen MR) is 124 cm³/mol. The Kier molecular flexibility index (Phi) is 5.55. The lowest BCUT2D eigenvalue weighted by Crippen LogP contribution is -2.00. The SMILES string of the molecule is CCOc1ccc(C2=C/C(=C/c3cc(C)n(-c4cc(C)cc(C)c4)c3C)C(=O)O2)cc1. The molecule has 31 heavy (non-hydrogen) atoms. The van der Waals surface area contributed by atoms with Crippen molar-refractivity contribution in [1.82, 2.24) is 4.57 Å². The number of hydrogen-bond donors (Lipinski definition) is 0. The fourth-order valence-corrected chi connectivity index (χ4v) is 4.09. The summed E-state index contributed by atoms with van der Waals surface area (Å²) in [5.74, 6) is 1.02. The lowest BCUT2D eigenvalue weighted by Gasteiger charge is -2.12. The zero-order valence-electron chi connectivity index (χ0n) is 18.7. The van der Waals surface area contributed by atoms with Gasteiger partial charge in [-0.05, 0) is 106 Å². The molecule has 0 radical (unpaired) electrons. The van der Waals surface area contributed by atoms with Crippen LogP contribution in [0.2, 0.25) is 0 Å². The van der Waals surface area contributed by atoms with E-state index in [4.69, 9.17) is 9.47 Å². The van der Waals surface area contributed by atoms with E-state index in [0.717, 1.165) is 34.0 Å². The van der Waals surface area contributed by atoms with E-state index in [0.29, 0.717) is 17.9 Å². The fraction of sp³-hybridized carbons (Fsp3) is 0.222. The van der Waals surface area contributed by atoms with Gasteiger partial charge in [0.25, 0.3) is 0 Å². The molecule has 0 saturated carbocycles. The van der Waals surface area contributed by atoms with Crippen LogP contribution in [0.15, 0.2) is 60.2 Å². The number of cyclic esters (lactones) is 1. The molecule has 0 N–H and O–H groups in total. The predicted octanol–water partition coefficient (Wildman–Crippen LogP) is 6.09. The molecule has 0 saturated heterocycles. The molecule has 0 aliphatic carbocycles. The minimum Gasteiger partial charge on any atom is -0.494 e. The number of aryl methyl sites for hydroxylation is 3. The lowest BCUT2D eigenvalue weighted by molar-refractivity contribution is -0.130. The van der Waals surface area contributed by atoms with Crippen molar-refractivity contribution in [2.24, 2.45) is 0 Å². The quantitative estimate of drug-likeness (QED) is 0.375. The molecule has 0 bridgehead atoms. The number of rotatable bonds is 5. The second-order valence-corrected chi connectivity index (χ2v) is 7.96. The summed E-state index contributed by atoms with van der Waals surface area (Å²) in [6.07, 6.45) is 3.71. The number of esters is 1. The number of ether oxygens (including phenoxy) is 2. The van der Waals surface area contributed by atoms with E-state index in [1.165, 1.54) is 11.1 Å². The Morgan fingerprint density at radius 3 is 2.29 bits per heavy atom. The maximum absolute atomic E-state index is 12.5. The maximum atomic E-state index is 12.5. The van der Waals surface area contributed by atoms with Crippen molar-refractivity contribution >= 4 is 17.8 Å². The molecule has 0 unspecified atom stereocenters. The van der Waals surface area contributed by atoms with Crippen molar-refractivity contribution < 1.29 is 14.3 Å². The first-order chi connectivity index (χ1) is 14.9. The molecule has 4 heteroatoms. The third kappa shape index (κ3) is 4.19. The highest BCUT2D eigenvalue weighted by Crippen LogP contribution is 2.30. The van der Waals surface area contributed by atoms with Crippen molar-refractivity contribution in [3.05, 3.63) is 93.8 Å². The molecule has 2 aromatic carbocycles. The van der Waals surface area contributed by atoms with E-state index < -0.39 is 0 Å². The van der Waals surface area contributed by atoms with Gasteiger partial charge in [0.05, 0.1) is 12.2 Å². The molecule has 2 heterocycles. The maximum Gasteiger partial charge on any atom is 0.343 e. The van der Waals surface area contributed by atoms with Gasteiger partial charge >= 0.3 is 5.97 Å². The summed E-state index contributed by atoms with van der Waals surface area (Å²) in [5, 5.41) is 0. The highest BCUT2D eigenvalue weighted by atomic mass is 16.5. The number of benzene rings is 2. The van der Waals surface area contributed by atoms with Gasteiger partial charge in [0, 0.05) is 22.6 Å². The van der Waals surface area contributed by atoms with Gasteiger partial charge in [-0.1, -0.05) is 6.07 Å². The van der Waals surface area contributed by atoms with E-state index in [-0.39, 0.29) is 5.97 Å². The Bertz CT molecular complexity index is 1190. The van der Waals surface area contributed by atoms with E-state index in [1.54, 1.807) is 6.08 Å². The molecule has 1 aliphatic heterocycles. The topological polar surface area (TPSA) is 40.5 Å². The average Bonchev–Trinajstić information content (AvgIpc) is 3.21.